The molecule has 0 aliphatic carbocycles. The molecule has 1 aromatic rings. The van der Waals surface area contributed by atoms with E-state index in [1.807, 2.05) is 26.2 Å². The summed E-state index contributed by atoms with van der Waals surface area (Å²) in [5.74, 6) is 0. The summed E-state index contributed by atoms with van der Waals surface area (Å²) < 4.78 is 5.25. The standard InChI is InChI=1S/C11H17N5O2S/c1-11(2,3)18-10(17)16(4)9-14-8(7-19-9)5-6-13-15-12/h7H,5-6H2,1-4H3. The van der Waals surface area contributed by atoms with E-state index < -0.39 is 11.7 Å². The fourth-order valence-corrected chi connectivity index (χ4v) is 2.00. The van der Waals surface area contributed by atoms with Gasteiger partial charge in [0.05, 0.1) is 5.69 Å². The number of azide groups is 1. The maximum atomic E-state index is 11.8. The summed E-state index contributed by atoms with van der Waals surface area (Å²) >= 11 is 1.35. The van der Waals surface area contributed by atoms with Gasteiger partial charge in [0.1, 0.15) is 5.60 Å². The molecule has 0 saturated carbocycles. The van der Waals surface area contributed by atoms with Crippen molar-refractivity contribution in [2.45, 2.75) is 32.8 Å². The van der Waals surface area contributed by atoms with Crippen LogP contribution in [0.3, 0.4) is 0 Å². The summed E-state index contributed by atoms with van der Waals surface area (Å²) in [6.07, 6.45) is 0.117. The molecule has 1 rings (SSSR count). The lowest BCUT2D eigenvalue weighted by molar-refractivity contribution is 0.0589. The van der Waals surface area contributed by atoms with Crippen LogP contribution in [0.4, 0.5) is 9.93 Å². The van der Waals surface area contributed by atoms with Crippen molar-refractivity contribution in [1.82, 2.24) is 4.98 Å². The lowest BCUT2D eigenvalue weighted by Gasteiger charge is -2.23. The summed E-state index contributed by atoms with van der Waals surface area (Å²) in [6.45, 7) is 5.79. The minimum atomic E-state index is -0.535. The molecule has 8 heteroatoms. The third-order valence-corrected chi connectivity index (χ3v) is 2.99. The van der Waals surface area contributed by atoms with Crippen LogP contribution in [0.2, 0.25) is 0 Å². The van der Waals surface area contributed by atoms with E-state index in [4.69, 9.17) is 10.3 Å². The van der Waals surface area contributed by atoms with Crippen LogP contribution < -0.4 is 4.90 Å². The number of hydrogen-bond donors (Lipinski definition) is 0. The minimum Gasteiger partial charge on any atom is -0.443 e. The number of anilines is 1. The molecule has 0 aliphatic heterocycles. The summed E-state index contributed by atoms with van der Waals surface area (Å²) in [7, 11) is 1.62. The van der Waals surface area contributed by atoms with E-state index >= 15 is 0 Å². The molecule has 0 bridgehead atoms. The highest BCUT2D eigenvalue weighted by atomic mass is 32.1. The first-order valence-corrected chi connectivity index (χ1v) is 6.63. The first-order chi connectivity index (χ1) is 8.83. The fourth-order valence-electron chi connectivity index (χ4n) is 1.18. The SMILES string of the molecule is CN(C(=O)OC(C)(C)C)c1nc(CCN=[N+]=[N-])cs1. The Kier molecular flexibility index (Phi) is 5.14. The Balaban J connectivity index is 2.64. The zero-order chi connectivity index (χ0) is 14.5. The van der Waals surface area contributed by atoms with Gasteiger partial charge < -0.3 is 4.74 Å². The van der Waals surface area contributed by atoms with Gasteiger partial charge in [-0.1, -0.05) is 5.11 Å². The van der Waals surface area contributed by atoms with Crippen LogP contribution in [0, 0.1) is 0 Å². The molecule has 0 aromatic carbocycles. The quantitative estimate of drug-likeness (QED) is 0.482. The lowest BCUT2D eigenvalue weighted by Crippen LogP contribution is -2.34. The predicted octanol–water partition coefficient (Wildman–Crippen LogP) is 3.37. The average Bonchev–Trinajstić information content (AvgIpc) is 2.75. The molecule has 1 amide bonds. The van der Waals surface area contributed by atoms with Gasteiger partial charge in [0.15, 0.2) is 5.13 Å². The van der Waals surface area contributed by atoms with Crippen molar-refractivity contribution in [2.24, 2.45) is 5.11 Å². The molecule has 0 N–H and O–H groups in total. The largest absolute Gasteiger partial charge is 0.443 e. The lowest BCUT2D eigenvalue weighted by atomic mass is 10.2. The molecule has 7 nitrogen and oxygen atoms in total. The second-order valence-electron chi connectivity index (χ2n) is 4.87. The van der Waals surface area contributed by atoms with Gasteiger partial charge in [-0.05, 0) is 32.7 Å². The number of rotatable bonds is 4. The summed E-state index contributed by atoms with van der Waals surface area (Å²) in [4.78, 5) is 20.2. The zero-order valence-electron chi connectivity index (χ0n) is 11.5. The van der Waals surface area contributed by atoms with Crippen molar-refractivity contribution in [3.8, 4) is 0 Å². The van der Waals surface area contributed by atoms with Crippen LogP contribution in [0.15, 0.2) is 10.5 Å². The van der Waals surface area contributed by atoms with E-state index in [2.05, 4.69) is 15.0 Å². The number of carbonyl (C=O) groups is 1. The Morgan fingerprint density at radius 2 is 2.32 bits per heavy atom. The Bertz CT molecular complexity index is 488. The maximum Gasteiger partial charge on any atom is 0.416 e. The van der Waals surface area contributed by atoms with Crippen molar-refractivity contribution in [3.63, 3.8) is 0 Å². The molecule has 1 aromatic heterocycles. The Morgan fingerprint density at radius 1 is 1.63 bits per heavy atom. The highest BCUT2D eigenvalue weighted by Crippen LogP contribution is 2.21. The van der Waals surface area contributed by atoms with Crippen LogP contribution in [0.5, 0.6) is 0 Å². The van der Waals surface area contributed by atoms with Gasteiger partial charge in [0, 0.05) is 23.9 Å². The van der Waals surface area contributed by atoms with Gasteiger partial charge in [-0.2, -0.15) is 0 Å². The van der Waals surface area contributed by atoms with Gasteiger partial charge in [-0.3, -0.25) is 4.90 Å². The third-order valence-electron chi connectivity index (χ3n) is 2.03. The number of nitrogens with zero attached hydrogens (tertiary/aromatic N) is 5. The van der Waals surface area contributed by atoms with E-state index in [1.165, 1.54) is 16.2 Å². The van der Waals surface area contributed by atoms with Gasteiger partial charge in [-0.25, -0.2) is 9.78 Å². The van der Waals surface area contributed by atoms with Gasteiger partial charge >= 0.3 is 6.09 Å². The van der Waals surface area contributed by atoms with E-state index in [0.717, 1.165) is 5.69 Å². The smallest absolute Gasteiger partial charge is 0.416 e. The molecule has 0 spiro atoms. The molecule has 0 radical (unpaired) electrons. The van der Waals surface area contributed by atoms with Crippen molar-refractivity contribution in [1.29, 1.82) is 0 Å². The zero-order valence-corrected chi connectivity index (χ0v) is 12.3. The molecule has 1 heterocycles. The number of aromatic nitrogens is 1. The predicted molar refractivity (Wildman–Crippen MR) is 74.5 cm³/mol. The molecular weight excluding hydrogens is 266 g/mol. The number of carbonyl (C=O) groups excluding carboxylic acids is 1. The van der Waals surface area contributed by atoms with Crippen molar-refractivity contribution in [2.75, 3.05) is 18.5 Å². The van der Waals surface area contributed by atoms with E-state index in [-0.39, 0.29) is 0 Å². The molecule has 19 heavy (non-hydrogen) atoms. The van der Waals surface area contributed by atoms with E-state index in [9.17, 15) is 4.79 Å². The Labute approximate surface area is 115 Å². The molecule has 0 aliphatic rings. The first-order valence-electron chi connectivity index (χ1n) is 5.75. The Hall–Kier alpha value is -1.79. The van der Waals surface area contributed by atoms with Gasteiger partial charge in [-0.15, -0.1) is 11.3 Å². The number of ether oxygens (including phenoxy) is 1. The van der Waals surface area contributed by atoms with Crippen LogP contribution in [-0.2, 0) is 11.2 Å². The van der Waals surface area contributed by atoms with Gasteiger partial charge in [0.2, 0.25) is 0 Å². The minimum absolute atomic E-state index is 0.357. The molecule has 0 atom stereocenters. The van der Waals surface area contributed by atoms with Crippen molar-refractivity contribution < 1.29 is 9.53 Å². The fraction of sp³-hybridized carbons (Fsp3) is 0.636. The van der Waals surface area contributed by atoms with E-state index in [1.54, 1.807) is 7.05 Å². The van der Waals surface area contributed by atoms with Crippen LogP contribution in [0.25, 0.3) is 10.4 Å². The second-order valence-corrected chi connectivity index (χ2v) is 5.70. The normalized spacial score (nSPS) is 10.7. The number of thiazole rings is 1. The third kappa shape index (κ3) is 5.15. The molecular formula is C11H17N5O2S. The topological polar surface area (TPSA) is 91.2 Å². The summed E-state index contributed by atoms with van der Waals surface area (Å²) in [5, 5.41) is 5.84. The van der Waals surface area contributed by atoms with E-state index in [0.29, 0.717) is 18.1 Å². The van der Waals surface area contributed by atoms with Crippen molar-refractivity contribution in [3.05, 3.63) is 21.5 Å². The molecule has 0 unspecified atom stereocenters. The highest BCUT2D eigenvalue weighted by Gasteiger charge is 2.22. The summed E-state index contributed by atoms with van der Waals surface area (Å²) in [6, 6.07) is 0. The highest BCUT2D eigenvalue weighted by molar-refractivity contribution is 7.14. The van der Waals surface area contributed by atoms with Gasteiger partial charge in [0.25, 0.3) is 0 Å². The average molecular weight is 283 g/mol. The Morgan fingerprint density at radius 3 is 2.89 bits per heavy atom. The molecule has 0 saturated heterocycles. The second kappa shape index (κ2) is 6.40. The van der Waals surface area contributed by atoms with Crippen molar-refractivity contribution >= 4 is 22.6 Å². The van der Waals surface area contributed by atoms with Crippen LogP contribution in [-0.4, -0.2) is 30.3 Å². The number of amides is 1. The monoisotopic (exact) mass is 283 g/mol. The summed E-state index contributed by atoms with van der Waals surface area (Å²) in [5.41, 5.74) is 8.45. The van der Waals surface area contributed by atoms with Crippen LogP contribution >= 0.6 is 11.3 Å². The number of hydrogen-bond acceptors (Lipinski definition) is 5. The maximum absolute atomic E-state index is 11.8. The molecule has 0 fully saturated rings. The first kappa shape index (κ1) is 15.3. The molecule has 104 valence electrons. The van der Waals surface area contributed by atoms with Crippen LogP contribution in [0.1, 0.15) is 26.5 Å².